The number of aromatic nitrogens is 3. The summed E-state index contributed by atoms with van der Waals surface area (Å²) in [4.78, 5) is 0. The van der Waals surface area contributed by atoms with Crippen LogP contribution >= 0.6 is 0 Å². The molecule has 1 unspecified atom stereocenters. The lowest BCUT2D eigenvalue weighted by Crippen LogP contribution is -2.78. The number of para-hydroxylation sites is 2. The first-order chi connectivity index (χ1) is 29.9. The number of hydrogen-bond donors (Lipinski definition) is 0. The maximum atomic E-state index is 7.72. The fraction of sp³-hybridized carbons (Fsp3) is 0.172. The summed E-state index contributed by atoms with van der Waals surface area (Å²) < 4.78 is 15.2. The van der Waals surface area contributed by atoms with E-state index in [9.17, 15) is 0 Å². The Kier molecular flexibility index (Phi) is 7.56. The molecule has 0 bridgehead atoms. The molecule has 3 aliphatic rings. The molecule has 12 rings (SSSR count). The van der Waals surface area contributed by atoms with Crippen LogP contribution in [-0.2, 0) is 16.7 Å². The largest absolute Gasteiger partial charge is 0.499 e. The van der Waals surface area contributed by atoms with E-state index in [0.29, 0.717) is 0 Å². The smallest absolute Gasteiger partial charge is 0.392 e. The van der Waals surface area contributed by atoms with Crippen LogP contribution in [0.25, 0.3) is 83.9 Å². The van der Waals surface area contributed by atoms with Gasteiger partial charge in [-0.3, -0.25) is 0 Å². The van der Waals surface area contributed by atoms with E-state index in [4.69, 9.17) is 4.74 Å². The predicted octanol–water partition coefficient (Wildman–Crippen LogP) is 13.3. The molecule has 0 saturated heterocycles. The predicted molar refractivity (Wildman–Crippen MR) is 252 cm³/mol. The molecule has 2 aromatic heterocycles. The Labute approximate surface area is 364 Å². The van der Waals surface area contributed by atoms with E-state index < -0.39 is 5.85 Å². The summed E-state index contributed by atoms with van der Waals surface area (Å²) in [5.74, 6) is 0.913. The molecular weight excluding hydrogens is 755 g/mol. The van der Waals surface area contributed by atoms with Gasteiger partial charge in [0.1, 0.15) is 22.6 Å². The van der Waals surface area contributed by atoms with Gasteiger partial charge in [0.05, 0.1) is 5.56 Å². The summed E-state index contributed by atoms with van der Waals surface area (Å²) in [6.07, 6.45) is 2.28. The Morgan fingerprint density at radius 2 is 1.15 bits per heavy atom. The van der Waals surface area contributed by atoms with E-state index in [1.807, 2.05) is 0 Å². The van der Waals surface area contributed by atoms with Gasteiger partial charge in [0.15, 0.2) is 17.2 Å². The molecule has 3 aliphatic heterocycles. The molecule has 4 nitrogen and oxygen atoms in total. The summed E-state index contributed by atoms with van der Waals surface area (Å²) in [5.41, 5.74) is 21.5. The fourth-order valence-corrected chi connectivity index (χ4v) is 10.5. The quantitative estimate of drug-likeness (QED) is 0.162. The van der Waals surface area contributed by atoms with Crippen molar-refractivity contribution in [1.29, 1.82) is 0 Å². The van der Waals surface area contributed by atoms with Crippen molar-refractivity contribution in [2.24, 2.45) is 0 Å². The average molecular weight is 804 g/mol. The molecule has 5 heterocycles. The van der Waals surface area contributed by atoms with Crippen molar-refractivity contribution in [3.63, 3.8) is 0 Å². The van der Waals surface area contributed by atoms with Gasteiger partial charge in [-0.15, -0.1) is 9.13 Å². The lowest BCUT2D eigenvalue weighted by Gasteiger charge is -2.33. The molecule has 7 aromatic carbocycles. The first-order valence-electron chi connectivity index (χ1n) is 21.9. The zero-order chi connectivity index (χ0) is 42.3. The van der Waals surface area contributed by atoms with Crippen LogP contribution in [0.2, 0.25) is 0 Å². The molecule has 300 valence electrons. The van der Waals surface area contributed by atoms with E-state index in [1.54, 1.807) is 0 Å². The van der Waals surface area contributed by atoms with Gasteiger partial charge >= 0.3 is 11.7 Å². The summed E-state index contributed by atoms with van der Waals surface area (Å²) >= 11 is 0. The molecule has 4 heteroatoms. The SMILES string of the molecule is Cc1cc(-c2ccccc2)c(-n2c3[n+]4c5c(cccc52)-c2cc(C(C)(C)C)cc5c2C4(Oc2ccccc2-3)[n+]2ccc(-c3ccc(C(C)(C)C)cc3)cc2-5)cc1-c1ccccc1. The Morgan fingerprint density at radius 3 is 1.85 bits per heavy atom. The van der Waals surface area contributed by atoms with Crippen LogP contribution in [0.5, 0.6) is 5.75 Å². The topological polar surface area (TPSA) is 21.9 Å². The van der Waals surface area contributed by atoms with E-state index in [2.05, 4.69) is 232 Å². The molecule has 0 fully saturated rings. The standard InChI is InChI=1S/C58H49N3O/c1-36-31-46(39-19-12-9-13-20-39)51(35-45(36)38-17-10-8-11-18-38)60-49-23-16-22-43-47-33-42(57(5,6)7)34-48-50-32-40(37-25-27-41(28-26-37)56(2,3)4)29-30-59(50)58(53(47)48)61(54(43)49)55(60)44-21-14-15-24-52(44)62-58/h8-35H,1-7H3/q+2. The molecule has 0 aliphatic carbocycles. The monoisotopic (exact) mass is 803 g/mol. The van der Waals surface area contributed by atoms with Gasteiger partial charge in [0, 0.05) is 28.8 Å². The van der Waals surface area contributed by atoms with Crippen LogP contribution in [-0.4, -0.2) is 4.57 Å². The third kappa shape index (κ3) is 5.07. The van der Waals surface area contributed by atoms with Crippen LogP contribution < -0.4 is 13.9 Å². The number of benzene rings is 7. The number of pyridine rings is 1. The fourth-order valence-electron chi connectivity index (χ4n) is 10.5. The van der Waals surface area contributed by atoms with Gasteiger partial charge in [-0.05, 0) is 111 Å². The number of rotatable bonds is 4. The van der Waals surface area contributed by atoms with Crippen molar-refractivity contribution in [2.45, 2.75) is 65.1 Å². The van der Waals surface area contributed by atoms with Crippen molar-refractivity contribution in [3.8, 4) is 78.6 Å². The van der Waals surface area contributed by atoms with Crippen LogP contribution in [0.1, 0.15) is 63.8 Å². The first kappa shape index (κ1) is 36.8. The second-order valence-electron chi connectivity index (χ2n) is 19.5. The zero-order valence-electron chi connectivity index (χ0n) is 36.4. The number of fused-ring (bicyclic) bond motifs is 5. The third-order valence-corrected chi connectivity index (χ3v) is 13.6. The summed E-state index contributed by atoms with van der Waals surface area (Å²) in [7, 11) is 0. The van der Waals surface area contributed by atoms with E-state index >= 15 is 0 Å². The second-order valence-corrected chi connectivity index (χ2v) is 19.5. The Bertz CT molecular complexity index is 3330. The number of nitrogens with zero attached hydrogens (tertiary/aromatic N) is 3. The van der Waals surface area contributed by atoms with E-state index in [-0.39, 0.29) is 10.8 Å². The molecule has 1 atom stereocenters. The van der Waals surface area contributed by atoms with Crippen LogP contribution in [0.15, 0.2) is 170 Å². The Morgan fingerprint density at radius 1 is 0.500 bits per heavy atom. The van der Waals surface area contributed by atoms with Crippen molar-refractivity contribution >= 4 is 11.0 Å². The van der Waals surface area contributed by atoms with Gasteiger partial charge < -0.3 is 4.74 Å². The van der Waals surface area contributed by atoms with Gasteiger partial charge in [-0.25, -0.2) is 0 Å². The van der Waals surface area contributed by atoms with Crippen molar-refractivity contribution in [3.05, 3.63) is 192 Å². The van der Waals surface area contributed by atoms with Crippen LogP contribution in [0.4, 0.5) is 0 Å². The maximum Gasteiger partial charge on any atom is 0.499 e. The molecule has 62 heavy (non-hydrogen) atoms. The normalized spacial score (nSPS) is 15.5. The number of hydrogen-bond acceptors (Lipinski definition) is 1. The van der Waals surface area contributed by atoms with Crippen LogP contribution in [0, 0.1) is 6.92 Å². The van der Waals surface area contributed by atoms with Gasteiger partial charge in [0.2, 0.25) is 5.69 Å². The highest BCUT2D eigenvalue weighted by atomic mass is 16.5. The number of imidazole rings is 1. The minimum atomic E-state index is -1.04. The third-order valence-electron chi connectivity index (χ3n) is 13.6. The summed E-state index contributed by atoms with van der Waals surface area (Å²) in [5, 5.41) is 0. The van der Waals surface area contributed by atoms with Crippen LogP contribution in [0.3, 0.4) is 0 Å². The molecule has 0 saturated carbocycles. The highest BCUT2D eigenvalue weighted by molar-refractivity contribution is 5.99. The average Bonchev–Trinajstić information content (AvgIpc) is 3.77. The van der Waals surface area contributed by atoms with Crippen molar-refractivity contribution < 1.29 is 13.9 Å². The summed E-state index contributed by atoms with van der Waals surface area (Å²) in [6, 6.07) is 60.7. The zero-order valence-corrected chi connectivity index (χ0v) is 36.4. The molecule has 0 amide bonds. The minimum absolute atomic E-state index is 0.0799. The van der Waals surface area contributed by atoms with E-state index in [1.165, 1.54) is 72.3 Å². The van der Waals surface area contributed by atoms with E-state index in [0.717, 1.165) is 39.6 Å². The molecule has 0 radical (unpaired) electrons. The molecular formula is C58H49N3O+2. The highest BCUT2D eigenvalue weighted by Crippen LogP contribution is 2.54. The van der Waals surface area contributed by atoms with Crippen molar-refractivity contribution in [1.82, 2.24) is 4.57 Å². The lowest BCUT2D eigenvalue weighted by atomic mass is 9.80. The minimum Gasteiger partial charge on any atom is -0.392 e. The second kappa shape index (κ2) is 12.7. The molecule has 9 aromatic rings. The van der Waals surface area contributed by atoms with Gasteiger partial charge in [-0.2, -0.15) is 4.57 Å². The molecule has 0 N–H and O–H groups in total. The molecule has 1 spiro atoms. The Balaban J connectivity index is 1.22. The van der Waals surface area contributed by atoms with Crippen molar-refractivity contribution in [2.75, 3.05) is 0 Å². The lowest BCUT2D eigenvalue weighted by molar-refractivity contribution is -0.997. The Hall–Kier alpha value is -7.04. The number of aryl methyl sites for hydroxylation is 1. The van der Waals surface area contributed by atoms with Gasteiger partial charge in [-0.1, -0.05) is 145 Å². The first-order valence-corrected chi connectivity index (χ1v) is 21.9. The maximum absolute atomic E-state index is 7.72. The highest BCUT2D eigenvalue weighted by Gasteiger charge is 2.68. The van der Waals surface area contributed by atoms with Gasteiger partial charge in [0.25, 0.3) is 0 Å². The number of ether oxygens (including phenoxy) is 1. The summed E-state index contributed by atoms with van der Waals surface area (Å²) in [6.45, 7) is 16.0.